The van der Waals surface area contributed by atoms with Gasteiger partial charge in [-0.25, -0.2) is 0 Å². The molecule has 3 rings (SSSR count). The van der Waals surface area contributed by atoms with E-state index in [1.165, 1.54) is 12.2 Å². The molecule has 0 N–H and O–H groups in total. The average molecular weight is 380 g/mol. The molecule has 0 aromatic heterocycles. The lowest BCUT2D eigenvalue weighted by atomic mass is 10.0. The van der Waals surface area contributed by atoms with Crippen LogP contribution in [0.15, 0.2) is 48.5 Å². The smallest absolute Gasteiger partial charge is 0.0998 e. The molecule has 1 fully saturated rings. The van der Waals surface area contributed by atoms with E-state index < -0.39 is 0 Å². The van der Waals surface area contributed by atoms with E-state index in [1.54, 1.807) is 0 Å². The predicted octanol–water partition coefficient (Wildman–Crippen LogP) is 5.18. The fourth-order valence-corrected chi connectivity index (χ4v) is 3.74. The molecular weight excluding hydrogens is 354 g/mol. The van der Waals surface area contributed by atoms with E-state index in [9.17, 15) is 5.26 Å². The molecule has 0 saturated carbocycles. The number of rotatable bonds is 5. The Kier molecular flexibility index (Phi) is 6.55. The largest absolute Gasteiger partial charge is 0.369 e. The molecule has 0 amide bonds. The van der Waals surface area contributed by atoms with Crippen LogP contribution < -0.4 is 4.90 Å². The molecule has 1 saturated heterocycles. The van der Waals surface area contributed by atoms with Crippen molar-refractivity contribution >= 4 is 28.9 Å². The molecule has 1 aliphatic rings. The van der Waals surface area contributed by atoms with E-state index >= 15 is 0 Å². The second kappa shape index (κ2) is 9.08. The third-order valence-electron chi connectivity index (χ3n) is 4.85. The van der Waals surface area contributed by atoms with Gasteiger partial charge < -0.3 is 4.90 Å². The number of allylic oxidation sites excluding steroid dienone is 1. The number of halogens is 1. The van der Waals surface area contributed by atoms with Crippen LogP contribution in [0.2, 0.25) is 5.02 Å². The maximum atomic E-state index is 9.52. The third kappa shape index (κ3) is 5.13. The summed E-state index contributed by atoms with van der Waals surface area (Å²) in [6.45, 7) is 10.1. The number of nitriles is 1. The number of benzene rings is 2. The minimum atomic E-state index is 0.579. The van der Waals surface area contributed by atoms with Crippen molar-refractivity contribution in [3.05, 3.63) is 64.7 Å². The minimum Gasteiger partial charge on any atom is -0.369 e. The normalized spacial score (nSPS) is 15.8. The summed E-state index contributed by atoms with van der Waals surface area (Å²) in [5.74, 6) is 0.718. The van der Waals surface area contributed by atoms with Crippen LogP contribution in [-0.2, 0) is 0 Å². The molecule has 3 nitrogen and oxygen atoms in total. The van der Waals surface area contributed by atoms with Crippen molar-refractivity contribution in [2.75, 3.05) is 37.6 Å². The molecule has 27 heavy (non-hydrogen) atoms. The van der Waals surface area contributed by atoms with Gasteiger partial charge in [-0.3, -0.25) is 4.90 Å². The monoisotopic (exact) mass is 379 g/mol. The van der Waals surface area contributed by atoms with Gasteiger partial charge in [0.2, 0.25) is 0 Å². The van der Waals surface area contributed by atoms with Gasteiger partial charge in [0.15, 0.2) is 0 Å². The Bertz CT molecular complexity index is 825. The molecule has 1 aliphatic heterocycles. The number of hydrogen-bond donors (Lipinski definition) is 0. The summed E-state index contributed by atoms with van der Waals surface area (Å²) in [4.78, 5) is 4.98. The highest BCUT2D eigenvalue weighted by Crippen LogP contribution is 2.26. The second-order valence-corrected chi connectivity index (χ2v) is 7.83. The van der Waals surface area contributed by atoms with Crippen LogP contribution in [0.25, 0.3) is 11.6 Å². The van der Waals surface area contributed by atoms with Crippen LogP contribution >= 0.6 is 11.6 Å². The summed E-state index contributed by atoms with van der Waals surface area (Å²) < 4.78 is 0. The Morgan fingerprint density at radius 2 is 1.74 bits per heavy atom. The summed E-state index contributed by atoms with van der Waals surface area (Å²) in [7, 11) is 0. The lowest BCUT2D eigenvalue weighted by molar-refractivity contribution is 0.231. The van der Waals surface area contributed by atoms with Gasteiger partial charge in [0.25, 0.3) is 0 Å². The van der Waals surface area contributed by atoms with Crippen molar-refractivity contribution < 1.29 is 0 Å². The fraction of sp³-hybridized carbons (Fsp3) is 0.348. The quantitative estimate of drug-likeness (QED) is 0.529. The standard InChI is InChI=1S/C23H26ClN3/c1-18(2)17-26-11-13-27(14-12-26)21-9-7-19(8-10-21)15-20(16-25)22-5-3-4-6-23(22)24/h3-10,15,18H,11-14,17H2,1-2H3/b20-15+. The Balaban J connectivity index is 1.69. The van der Waals surface area contributed by atoms with Gasteiger partial charge in [-0.1, -0.05) is 55.8 Å². The van der Waals surface area contributed by atoms with E-state index in [0.717, 1.165) is 43.2 Å². The Morgan fingerprint density at radius 3 is 2.33 bits per heavy atom. The zero-order valence-corrected chi connectivity index (χ0v) is 16.8. The molecule has 0 unspecified atom stereocenters. The van der Waals surface area contributed by atoms with Crippen molar-refractivity contribution in [1.82, 2.24) is 4.90 Å². The van der Waals surface area contributed by atoms with Gasteiger partial charge in [-0.15, -0.1) is 0 Å². The van der Waals surface area contributed by atoms with Gasteiger partial charge in [0, 0.05) is 49.0 Å². The SMILES string of the molecule is CC(C)CN1CCN(c2ccc(/C=C(\C#N)c3ccccc3Cl)cc2)CC1. The molecule has 0 spiro atoms. The summed E-state index contributed by atoms with van der Waals surface area (Å²) in [5.41, 5.74) is 3.60. The highest BCUT2D eigenvalue weighted by Gasteiger charge is 2.17. The van der Waals surface area contributed by atoms with Gasteiger partial charge in [-0.05, 0) is 35.8 Å². The zero-order chi connectivity index (χ0) is 19.2. The van der Waals surface area contributed by atoms with Crippen LogP contribution in [0, 0.1) is 17.2 Å². The van der Waals surface area contributed by atoms with Gasteiger partial charge in [0.05, 0.1) is 11.6 Å². The van der Waals surface area contributed by atoms with Crippen molar-refractivity contribution in [1.29, 1.82) is 5.26 Å². The second-order valence-electron chi connectivity index (χ2n) is 7.42. The zero-order valence-electron chi connectivity index (χ0n) is 16.0. The van der Waals surface area contributed by atoms with Crippen molar-refractivity contribution in [2.45, 2.75) is 13.8 Å². The van der Waals surface area contributed by atoms with Gasteiger partial charge in [-0.2, -0.15) is 5.26 Å². The summed E-state index contributed by atoms with van der Waals surface area (Å²) >= 11 is 6.23. The molecular formula is C23H26ClN3. The van der Waals surface area contributed by atoms with E-state index in [4.69, 9.17) is 11.6 Å². The topological polar surface area (TPSA) is 30.3 Å². The molecule has 0 aliphatic carbocycles. The van der Waals surface area contributed by atoms with Crippen molar-refractivity contribution in [2.24, 2.45) is 5.92 Å². The first-order valence-electron chi connectivity index (χ1n) is 9.51. The lowest BCUT2D eigenvalue weighted by Gasteiger charge is -2.36. The van der Waals surface area contributed by atoms with Crippen LogP contribution in [0.1, 0.15) is 25.0 Å². The summed E-state index contributed by atoms with van der Waals surface area (Å²) in [5, 5.41) is 10.1. The minimum absolute atomic E-state index is 0.579. The number of anilines is 1. The summed E-state index contributed by atoms with van der Waals surface area (Å²) in [6, 6.07) is 18.2. The number of nitrogens with zero attached hydrogens (tertiary/aromatic N) is 3. The first-order valence-corrected chi connectivity index (χ1v) is 9.88. The Hall–Kier alpha value is -2.28. The van der Waals surface area contributed by atoms with Crippen LogP contribution in [0.4, 0.5) is 5.69 Å². The predicted molar refractivity (Wildman–Crippen MR) is 115 cm³/mol. The van der Waals surface area contributed by atoms with Crippen LogP contribution in [0.3, 0.4) is 0 Å². The first-order chi connectivity index (χ1) is 13.1. The van der Waals surface area contributed by atoms with Crippen molar-refractivity contribution in [3.63, 3.8) is 0 Å². The highest BCUT2D eigenvalue weighted by molar-refractivity contribution is 6.32. The van der Waals surface area contributed by atoms with E-state index in [0.29, 0.717) is 10.6 Å². The molecule has 0 radical (unpaired) electrons. The Labute approximate surface area is 167 Å². The fourth-order valence-electron chi connectivity index (χ4n) is 3.50. The van der Waals surface area contributed by atoms with E-state index in [1.807, 2.05) is 30.3 Å². The molecule has 2 aromatic carbocycles. The van der Waals surface area contributed by atoms with Gasteiger partial charge >= 0.3 is 0 Å². The molecule has 1 heterocycles. The molecule has 0 bridgehead atoms. The van der Waals surface area contributed by atoms with Gasteiger partial charge in [0.1, 0.15) is 0 Å². The summed E-state index contributed by atoms with van der Waals surface area (Å²) in [6.07, 6.45) is 1.89. The average Bonchev–Trinajstić information content (AvgIpc) is 2.67. The molecule has 140 valence electrons. The molecule has 4 heteroatoms. The van der Waals surface area contributed by atoms with Crippen LogP contribution in [0.5, 0.6) is 0 Å². The van der Waals surface area contributed by atoms with E-state index in [-0.39, 0.29) is 0 Å². The molecule has 0 atom stereocenters. The third-order valence-corrected chi connectivity index (χ3v) is 5.18. The lowest BCUT2D eigenvalue weighted by Crippen LogP contribution is -2.47. The first kappa shape index (κ1) is 19.5. The maximum Gasteiger partial charge on any atom is 0.0998 e. The number of piperazine rings is 1. The van der Waals surface area contributed by atoms with Crippen LogP contribution in [-0.4, -0.2) is 37.6 Å². The molecule has 2 aromatic rings. The van der Waals surface area contributed by atoms with Crippen molar-refractivity contribution in [3.8, 4) is 6.07 Å². The number of hydrogen-bond acceptors (Lipinski definition) is 3. The van der Waals surface area contributed by atoms with E-state index in [2.05, 4.69) is 54.0 Å². The highest BCUT2D eigenvalue weighted by atomic mass is 35.5. The Morgan fingerprint density at radius 1 is 1.07 bits per heavy atom. The maximum absolute atomic E-state index is 9.52.